The number of anilines is 6. The monoisotopic (exact) mass is 2300 g/mol. The van der Waals surface area contributed by atoms with Gasteiger partial charge in [-0.3, -0.25) is 14.4 Å². The molecule has 141 heavy (non-hydrogen) atoms. The zero-order chi connectivity index (χ0) is 102. The first-order chi connectivity index (χ1) is 66.8. The predicted molar refractivity (Wildman–Crippen MR) is 562 cm³/mol. The van der Waals surface area contributed by atoms with Crippen LogP contribution in [-0.4, -0.2) is 266 Å². The predicted octanol–water partition coefficient (Wildman–Crippen LogP) is 15.2. The number of hydroxylamine groups is 2. The number of nitrogens with zero attached hydrogens (tertiary/aromatic N) is 7. The van der Waals surface area contributed by atoms with Crippen LogP contribution in [0.25, 0.3) is 0 Å². The number of aliphatic carboxylic acids is 1. The normalized spacial score (nSPS) is 12.8. The van der Waals surface area contributed by atoms with Gasteiger partial charge < -0.3 is 139 Å². The second-order valence-corrected chi connectivity index (χ2v) is 48.9. The molecule has 3 aliphatic heterocycles. The van der Waals surface area contributed by atoms with Gasteiger partial charge in [0.25, 0.3) is 11.8 Å². The molecule has 9 aromatic carbocycles. The zero-order valence-electron chi connectivity index (χ0n) is 84.7. The van der Waals surface area contributed by atoms with Crippen molar-refractivity contribution in [1.82, 2.24) is 5.06 Å². The topological polar surface area (TPSA) is 314 Å². The van der Waals surface area contributed by atoms with E-state index in [0.717, 1.165) is 50.8 Å². The first-order valence-electron chi connectivity index (χ1n) is 44.1. The number of ether oxygens (including phenoxy) is 21. The van der Waals surface area contributed by atoms with Gasteiger partial charge in [0.2, 0.25) is 0 Å². The molecule has 12 rings (SSSR count). The molecular weight excluding hydrogens is 2160 g/mol. The van der Waals surface area contributed by atoms with E-state index in [1.807, 2.05) is 149 Å². The van der Waals surface area contributed by atoms with Gasteiger partial charge in [-0.15, -0.1) is 5.06 Å². The van der Waals surface area contributed by atoms with Crippen molar-refractivity contribution < 1.29 is 142 Å². The van der Waals surface area contributed by atoms with Crippen LogP contribution < -0.4 is 142 Å². The van der Waals surface area contributed by atoms with Gasteiger partial charge in [-0.25, -0.2) is 4.79 Å². The summed E-state index contributed by atoms with van der Waals surface area (Å²) in [4.78, 5) is 66.0. The molecule has 0 radical (unpaired) electrons. The molecule has 2 amide bonds. The Labute approximate surface area is 859 Å². The van der Waals surface area contributed by atoms with Gasteiger partial charge in [-0.05, 0) is 25.7 Å². The van der Waals surface area contributed by atoms with E-state index in [1.54, 1.807) is 186 Å². The van der Waals surface area contributed by atoms with Crippen LogP contribution in [0.3, 0.4) is 0 Å². The third-order valence-corrected chi connectivity index (χ3v) is 24.7. The van der Waals surface area contributed by atoms with Crippen molar-refractivity contribution in [3.63, 3.8) is 0 Å². The fourth-order valence-corrected chi connectivity index (χ4v) is 17.5. The molecule has 3 fully saturated rings. The van der Waals surface area contributed by atoms with E-state index in [2.05, 4.69) is 47.0 Å². The quantitative estimate of drug-likeness (QED) is 0.0212. The molecule has 0 bridgehead atoms. The van der Waals surface area contributed by atoms with Gasteiger partial charge in [-0.1, -0.05) is 14.9 Å². The Morgan fingerprint density at radius 2 is 0.454 bits per heavy atom. The first kappa shape index (κ1) is 116. The maximum absolute atomic E-state index is 12.9. The molecule has 774 valence electrons. The Balaban J connectivity index is 0.000000285. The van der Waals surface area contributed by atoms with Crippen molar-refractivity contribution in [3.8, 4) is 121 Å². The molecule has 0 spiro atoms. The summed E-state index contributed by atoms with van der Waals surface area (Å²) < 4.78 is 125. The average Bonchev–Trinajstić information content (AvgIpc) is 0.997. The summed E-state index contributed by atoms with van der Waals surface area (Å²) in [7, 11) is 49.4. The maximum atomic E-state index is 12.9. The van der Waals surface area contributed by atoms with E-state index in [4.69, 9.17) is 104 Å². The number of hydrogen-bond acceptors (Lipinski definition) is 32. The van der Waals surface area contributed by atoms with Crippen LogP contribution in [0.15, 0.2) is 109 Å². The zero-order valence-corrected chi connectivity index (χ0v) is 91.1. The Hall–Kier alpha value is -12.2. The minimum atomic E-state index is -0.751. The fourth-order valence-electron chi connectivity index (χ4n) is 17.5. The summed E-state index contributed by atoms with van der Waals surface area (Å²) >= 11 is 5.30. The Morgan fingerprint density at radius 3 is 0.610 bits per heavy atom. The van der Waals surface area contributed by atoms with E-state index in [9.17, 15) is 24.3 Å². The van der Waals surface area contributed by atoms with Gasteiger partial charge in [0.1, 0.15) is 121 Å². The van der Waals surface area contributed by atoms with Crippen molar-refractivity contribution in [2.24, 2.45) is 11.8 Å². The molecule has 1 N–H and O–H groups in total. The van der Waals surface area contributed by atoms with Gasteiger partial charge in [-0.2, -0.15) is 0 Å². The second kappa shape index (κ2) is 54.2. The van der Waals surface area contributed by atoms with Crippen LogP contribution in [0.5, 0.6) is 121 Å². The molecule has 3 aliphatic rings. The number of carbonyl (C=O) groups excluding carboxylic acids is 3. The van der Waals surface area contributed by atoms with Crippen LogP contribution in [0.4, 0.5) is 34.1 Å². The van der Waals surface area contributed by atoms with E-state index < -0.39 is 47.4 Å². The number of piperidine rings is 2. The van der Waals surface area contributed by atoms with Crippen LogP contribution >= 0.6 is 37.2 Å². The van der Waals surface area contributed by atoms with Crippen molar-refractivity contribution in [2.75, 3.05) is 261 Å². The molecule has 3 saturated heterocycles. The second-order valence-electron chi connectivity index (χ2n) is 32.7. The standard InChI is InChI=1S/C39H50N4O10.C35H47N3O8.C28H34O9.2CH4.I3/c1-40(2)24-17-27(47-5)35(28(18-24)48-6)38(36-29(49-7)19-25(41(3)4)20-30(36)50-8)37-31(51-9)21-26(22-32(37)52-10)42-15-13-23(14-16-42)39(46)53-43-33(44)11-12-34(43)45;1-36(2)22-15-25(41-5)31(26(16-22)42-6)34(32-27(43-7)17-23(37(3)4)18-28(32)44-8)33-29(45-9)19-24(20-30(33)46-10)38-13-11-21(12-14-38)35(39)40;1-29-16-10-19(32-4)25(20(11-16)33-5)28(26-21(34-6)12-17(30-2)13-22(26)35-7)27-23(36-8)14-18(31-3)15-24(27)37-9;;;1-3-2/h17-23,38H,11-16H2,1-10H3;15-21,34H,11-14H2,1-10H3,(H,39,40);10-15,28H,1-9H3;2*1H4;/q;;;;;-1. The SMILES string of the molecule is C.C.COc1cc(N(C)C)cc(OC)c1C(c1c(OC)cc(N(C)C)cc1OC)c1c(OC)cc(N2CCC(C(=O)O)CC2)cc1OC.COc1cc(N(C)C)cc(OC)c1C(c1c(OC)cc(N(C)C)cc1OC)c1c(OC)cc(N2CCC(C(=O)ON3C(=O)CCC3=O)CC2)cc1OC.COc1cc(OC)c(C(c2c(OC)cc(OC)cc2OC)c2c(OC)cc(OC)cc2OC)c(OC)c1.I[I-]I. The van der Waals surface area contributed by atoms with Crippen LogP contribution in [0, 0.1) is 11.8 Å². The molecule has 0 unspecified atom stereocenters. The van der Waals surface area contributed by atoms with E-state index >= 15 is 0 Å². The number of methoxy groups -OCH3 is 21. The molecule has 3 heterocycles. The Morgan fingerprint density at radius 1 is 0.291 bits per heavy atom. The minimum absolute atomic E-state index is 0. The molecule has 34 nitrogen and oxygen atoms in total. The fraction of sp³-hybridized carbons (Fsp3) is 0.442. The van der Waals surface area contributed by atoms with E-state index in [0.29, 0.717) is 224 Å². The van der Waals surface area contributed by atoms with Crippen molar-refractivity contribution >= 4 is 95.1 Å². The summed E-state index contributed by atoms with van der Waals surface area (Å²) in [5, 5.41) is 10.1. The van der Waals surface area contributed by atoms with Gasteiger partial charge >= 0.3 is 62.4 Å². The number of carboxylic acid groups (broad SMARTS) is 1. The molecule has 9 aromatic rings. The Bertz CT molecular complexity index is 5180. The summed E-state index contributed by atoms with van der Waals surface area (Å²) in [6.45, 7) is 2.23. The number of benzene rings is 9. The van der Waals surface area contributed by atoms with Crippen LogP contribution in [-0.2, 0) is 24.0 Å². The summed E-state index contributed by atoms with van der Waals surface area (Å²) in [5.74, 6) is 6.62. The third kappa shape index (κ3) is 26.0. The molecule has 37 heteroatoms. The number of carboxylic acids is 1. The van der Waals surface area contributed by atoms with Gasteiger partial charge in [0.15, 0.2) is 0 Å². The number of halogens is 3. The number of hydrogen-bond donors (Lipinski definition) is 1. The molecule has 0 saturated carbocycles. The summed E-state index contributed by atoms with van der Waals surface area (Å²) in [6, 6.07) is 34.3. The third-order valence-electron chi connectivity index (χ3n) is 24.7. The van der Waals surface area contributed by atoms with Crippen molar-refractivity contribution in [3.05, 3.63) is 159 Å². The van der Waals surface area contributed by atoms with Crippen molar-refractivity contribution in [2.45, 2.75) is 71.1 Å². The van der Waals surface area contributed by atoms with Crippen molar-refractivity contribution in [1.29, 1.82) is 0 Å². The van der Waals surface area contributed by atoms with E-state index in [1.165, 1.54) is 0 Å². The number of carbonyl (C=O) groups is 4. The molecular formula is C104H139I3N7O27-. The van der Waals surface area contributed by atoms with Crippen LogP contribution in [0.1, 0.15) is 121 Å². The van der Waals surface area contributed by atoms with Gasteiger partial charge in [0.05, 0.1) is 179 Å². The summed E-state index contributed by atoms with van der Waals surface area (Å²) in [6.07, 6.45) is 2.14. The number of amides is 2. The first-order valence-corrected chi connectivity index (χ1v) is 56.7. The van der Waals surface area contributed by atoms with Gasteiger partial charge in [0, 0.05) is 289 Å². The molecule has 0 atom stereocenters. The average molecular weight is 2300 g/mol. The number of imide groups is 1. The Kier molecular flexibility index (Phi) is 44.5. The molecule has 0 aliphatic carbocycles. The molecule has 0 aromatic heterocycles. The van der Waals surface area contributed by atoms with E-state index in [-0.39, 0.29) is 33.6 Å². The number of rotatable bonds is 39. The summed E-state index contributed by atoms with van der Waals surface area (Å²) in [5.41, 5.74) is 11.6. The van der Waals surface area contributed by atoms with Crippen LogP contribution in [0.2, 0.25) is 0 Å².